The van der Waals surface area contributed by atoms with Gasteiger partial charge >= 0.3 is 0 Å². The molecule has 1 N–H and O–H groups in total. The van der Waals surface area contributed by atoms with Crippen LogP contribution in [-0.4, -0.2) is 13.1 Å². The summed E-state index contributed by atoms with van der Waals surface area (Å²) in [5, 5.41) is 3.11. The minimum atomic E-state index is -0.129. The molecule has 0 aliphatic rings. The van der Waals surface area contributed by atoms with E-state index in [9.17, 15) is 0 Å². The molecule has 0 bridgehead atoms. The van der Waals surface area contributed by atoms with Crippen molar-refractivity contribution >= 4 is 0 Å². The minimum absolute atomic E-state index is 0.129. The second kappa shape index (κ2) is 9.94. The van der Waals surface area contributed by atoms with Crippen molar-refractivity contribution < 1.29 is 0 Å². The number of aryl methyl sites for hydroxylation is 1. The van der Waals surface area contributed by atoms with Crippen LogP contribution in [0.4, 0.5) is 0 Å². The fraction of sp³-hybridized carbons (Fsp3) is 0.280. The lowest BCUT2D eigenvalue weighted by molar-refractivity contribution is 0.692. The average Bonchev–Trinajstić information content (AvgIpc) is 2.70. The molecule has 0 unspecified atom stereocenters. The van der Waals surface area contributed by atoms with E-state index in [1.807, 2.05) is 0 Å². The number of hydrogen-bond donors (Lipinski definition) is 1. The molecular weight excluding hydrogens is 314 g/mol. The van der Waals surface area contributed by atoms with Crippen LogP contribution >= 0.6 is 0 Å². The third-order valence-corrected chi connectivity index (χ3v) is 4.83. The molecule has 1 nitrogen and oxygen atoms in total. The normalized spacial score (nSPS) is 10.8. The van der Waals surface area contributed by atoms with Crippen LogP contribution in [-0.2, 0) is 5.41 Å². The highest BCUT2D eigenvalue weighted by Gasteiger charge is 2.30. The Morgan fingerprint density at radius 2 is 1.00 bits per heavy atom. The first-order valence-electron chi connectivity index (χ1n) is 9.51. The van der Waals surface area contributed by atoms with Gasteiger partial charge in [-0.2, -0.15) is 0 Å². The summed E-state index contributed by atoms with van der Waals surface area (Å²) in [7, 11) is 0. The summed E-state index contributed by atoms with van der Waals surface area (Å²) >= 11 is 0. The van der Waals surface area contributed by atoms with Gasteiger partial charge < -0.3 is 5.32 Å². The highest BCUT2D eigenvalue weighted by atomic mass is 14.8. The Labute approximate surface area is 159 Å². The third kappa shape index (κ3) is 4.83. The van der Waals surface area contributed by atoms with E-state index >= 15 is 0 Å². The van der Waals surface area contributed by atoms with Crippen LogP contribution in [0, 0.1) is 6.92 Å². The maximum Gasteiger partial charge on any atom is 0.0423 e. The van der Waals surface area contributed by atoms with E-state index in [0.717, 1.165) is 13.1 Å². The number of benzene rings is 3. The van der Waals surface area contributed by atoms with Crippen molar-refractivity contribution in [2.45, 2.75) is 33.1 Å². The number of nitrogens with one attached hydrogen (secondary N) is 1. The van der Waals surface area contributed by atoms with Gasteiger partial charge in [0.1, 0.15) is 0 Å². The summed E-state index contributed by atoms with van der Waals surface area (Å²) in [6.07, 6.45) is 0. The molecule has 0 saturated heterocycles. The zero-order valence-corrected chi connectivity index (χ0v) is 16.5. The third-order valence-electron chi connectivity index (χ3n) is 4.83. The van der Waals surface area contributed by atoms with Crippen molar-refractivity contribution in [2.75, 3.05) is 13.1 Å². The maximum atomic E-state index is 3.11. The second-order valence-electron chi connectivity index (χ2n) is 6.68. The van der Waals surface area contributed by atoms with Crippen molar-refractivity contribution in [1.82, 2.24) is 5.32 Å². The van der Waals surface area contributed by atoms with Gasteiger partial charge in [-0.25, -0.2) is 0 Å². The predicted molar refractivity (Wildman–Crippen MR) is 114 cm³/mol. The van der Waals surface area contributed by atoms with Crippen LogP contribution < -0.4 is 5.32 Å². The largest absolute Gasteiger partial charge is 0.317 e. The molecule has 0 radical (unpaired) electrons. The molecule has 1 heteroatoms. The summed E-state index contributed by atoms with van der Waals surface area (Å²) in [5.74, 6) is 0. The minimum Gasteiger partial charge on any atom is -0.317 e. The van der Waals surface area contributed by atoms with Gasteiger partial charge in [0.25, 0.3) is 0 Å². The van der Waals surface area contributed by atoms with Gasteiger partial charge in [0.2, 0.25) is 0 Å². The average molecular weight is 346 g/mol. The van der Waals surface area contributed by atoms with Gasteiger partial charge in [-0.15, -0.1) is 0 Å². The van der Waals surface area contributed by atoms with Gasteiger partial charge in [-0.3, -0.25) is 0 Å². The lowest BCUT2D eigenvalue weighted by Gasteiger charge is -2.32. The Hall–Kier alpha value is -2.38. The molecule has 0 saturated carbocycles. The molecule has 0 aliphatic heterocycles. The molecule has 3 aromatic carbocycles. The van der Waals surface area contributed by atoms with Crippen molar-refractivity contribution in [3.63, 3.8) is 0 Å². The van der Waals surface area contributed by atoms with E-state index in [1.165, 1.54) is 22.3 Å². The molecule has 0 fully saturated rings. The molecule has 26 heavy (non-hydrogen) atoms. The quantitative estimate of drug-likeness (QED) is 0.562. The molecule has 3 rings (SSSR count). The highest BCUT2D eigenvalue weighted by molar-refractivity contribution is 5.49. The standard InChI is InChI=1S/C21H20.C4H11N/c1-17-13-15-20(16-14-17)21(2,18-9-5-3-6-10-18)19-11-7-4-8-12-19;1-3-5-4-2/h3-16H,1-2H3;5H,3-4H2,1-2H3. The summed E-state index contributed by atoms with van der Waals surface area (Å²) in [4.78, 5) is 0. The second-order valence-corrected chi connectivity index (χ2v) is 6.68. The Kier molecular flexibility index (Phi) is 7.62. The summed E-state index contributed by atoms with van der Waals surface area (Å²) < 4.78 is 0. The van der Waals surface area contributed by atoms with Crippen LogP contribution in [0.5, 0.6) is 0 Å². The van der Waals surface area contributed by atoms with Crippen molar-refractivity contribution in [3.05, 3.63) is 107 Å². The Balaban J connectivity index is 0.000000431. The van der Waals surface area contributed by atoms with E-state index in [2.05, 4.69) is 118 Å². The van der Waals surface area contributed by atoms with Gasteiger partial charge in [-0.05, 0) is 43.6 Å². The Bertz CT molecular complexity index is 704. The molecule has 3 aromatic rings. The topological polar surface area (TPSA) is 12.0 Å². The zero-order valence-electron chi connectivity index (χ0n) is 16.5. The molecule has 0 aliphatic carbocycles. The first kappa shape index (κ1) is 19.9. The van der Waals surface area contributed by atoms with Crippen LogP contribution in [0.25, 0.3) is 0 Å². The Morgan fingerprint density at radius 1 is 0.615 bits per heavy atom. The van der Waals surface area contributed by atoms with Crippen LogP contribution in [0.2, 0.25) is 0 Å². The first-order valence-corrected chi connectivity index (χ1v) is 9.51. The van der Waals surface area contributed by atoms with E-state index < -0.39 is 0 Å². The summed E-state index contributed by atoms with van der Waals surface area (Å²) in [6.45, 7) is 10.8. The van der Waals surface area contributed by atoms with Gasteiger partial charge in [0, 0.05) is 5.41 Å². The Morgan fingerprint density at radius 3 is 1.35 bits per heavy atom. The van der Waals surface area contributed by atoms with Crippen molar-refractivity contribution in [2.24, 2.45) is 0 Å². The van der Waals surface area contributed by atoms with Crippen molar-refractivity contribution in [1.29, 1.82) is 0 Å². The predicted octanol–water partition coefficient (Wildman–Crippen LogP) is 5.97. The van der Waals surface area contributed by atoms with E-state index in [4.69, 9.17) is 0 Å². The zero-order chi connectivity index (χ0) is 18.8. The molecule has 0 heterocycles. The number of rotatable bonds is 5. The SMILES string of the molecule is CCNCC.Cc1ccc(C(C)(c2ccccc2)c2ccccc2)cc1. The lowest BCUT2D eigenvalue weighted by Crippen LogP contribution is -2.25. The van der Waals surface area contributed by atoms with E-state index in [0.29, 0.717) is 0 Å². The van der Waals surface area contributed by atoms with Crippen LogP contribution in [0.3, 0.4) is 0 Å². The first-order chi connectivity index (χ1) is 12.6. The molecular formula is C25H31N. The molecule has 0 aromatic heterocycles. The fourth-order valence-electron chi connectivity index (χ4n) is 3.18. The van der Waals surface area contributed by atoms with Crippen molar-refractivity contribution in [3.8, 4) is 0 Å². The summed E-state index contributed by atoms with van der Waals surface area (Å²) in [6, 6.07) is 30.3. The van der Waals surface area contributed by atoms with Crippen LogP contribution in [0.15, 0.2) is 84.9 Å². The molecule has 0 spiro atoms. The number of hydrogen-bond acceptors (Lipinski definition) is 1. The summed E-state index contributed by atoms with van der Waals surface area (Å²) in [5.41, 5.74) is 5.13. The molecule has 0 amide bonds. The maximum absolute atomic E-state index is 3.11. The lowest BCUT2D eigenvalue weighted by atomic mass is 9.71. The van der Waals surface area contributed by atoms with Crippen LogP contribution in [0.1, 0.15) is 43.0 Å². The molecule has 0 atom stereocenters. The van der Waals surface area contributed by atoms with E-state index in [1.54, 1.807) is 0 Å². The highest BCUT2D eigenvalue weighted by Crippen LogP contribution is 2.38. The van der Waals surface area contributed by atoms with Gasteiger partial charge in [-0.1, -0.05) is 104 Å². The van der Waals surface area contributed by atoms with Gasteiger partial charge in [0.05, 0.1) is 0 Å². The fourth-order valence-corrected chi connectivity index (χ4v) is 3.18. The van der Waals surface area contributed by atoms with Gasteiger partial charge in [0.15, 0.2) is 0 Å². The smallest absolute Gasteiger partial charge is 0.0423 e. The monoisotopic (exact) mass is 345 g/mol. The van der Waals surface area contributed by atoms with E-state index in [-0.39, 0.29) is 5.41 Å². The molecule has 136 valence electrons.